The minimum atomic E-state index is -0.128. The number of aryl methyl sites for hydroxylation is 1. The summed E-state index contributed by atoms with van der Waals surface area (Å²) in [5.74, 6) is 1.12. The molecule has 0 heterocycles. The number of rotatable bonds is 7. The SMILES string of the molecule is CCOc1ccc(C(=O)NCc2ccccc2C)cc1OCC. The number of carbonyl (C=O) groups excluding carboxylic acids is 1. The Hall–Kier alpha value is -2.49. The Morgan fingerprint density at radius 2 is 1.70 bits per heavy atom. The van der Waals surface area contributed by atoms with E-state index in [9.17, 15) is 4.79 Å². The maximum Gasteiger partial charge on any atom is 0.251 e. The smallest absolute Gasteiger partial charge is 0.251 e. The highest BCUT2D eigenvalue weighted by atomic mass is 16.5. The van der Waals surface area contributed by atoms with Crippen LogP contribution in [0.3, 0.4) is 0 Å². The molecule has 0 radical (unpaired) electrons. The molecule has 0 atom stereocenters. The number of amides is 1. The number of hydrogen-bond acceptors (Lipinski definition) is 3. The largest absolute Gasteiger partial charge is 0.490 e. The van der Waals surface area contributed by atoms with Crippen molar-refractivity contribution in [1.82, 2.24) is 5.32 Å². The van der Waals surface area contributed by atoms with Gasteiger partial charge in [-0.25, -0.2) is 0 Å². The lowest BCUT2D eigenvalue weighted by molar-refractivity contribution is 0.0950. The van der Waals surface area contributed by atoms with E-state index in [-0.39, 0.29) is 5.91 Å². The molecule has 2 aromatic rings. The first-order valence-electron chi connectivity index (χ1n) is 7.88. The number of carbonyl (C=O) groups is 1. The second kappa shape index (κ2) is 8.22. The van der Waals surface area contributed by atoms with E-state index in [1.54, 1.807) is 18.2 Å². The van der Waals surface area contributed by atoms with Gasteiger partial charge in [-0.1, -0.05) is 24.3 Å². The van der Waals surface area contributed by atoms with Crippen LogP contribution in [0.1, 0.15) is 35.3 Å². The van der Waals surface area contributed by atoms with E-state index < -0.39 is 0 Å². The molecule has 0 saturated carbocycles. The summed E-state index contributed by atoms with van der Waals surface area (Å²) in [5.41, 5.74) is 2.83. The predicted octanol–water partition coefficient (Wildman–Crippen LogP) is 3.72. The third-order valence-electron chi connectivity index (χ3n) is 3.51. The summed E-state index contributed by atoms with van der Waals surface area (Å²) >= 11 is 0. The van der Waals surface area contributed by atoms with Gasteiger partial charge in [-0.3, -0.25) is 4.79 Å². The average molecular weight is 313 g/mol. The maximum absolute atomic E-state index is 12.3. The van der Waals surface area contributed by atoms with Crippen LogP contribution in [0.4, 0.5) is 0 Å². The molecule has 2 aromatic carbocycles. The van der Waals surface area contributed by atoms with Crippen molar-refractivity contribution in [2.75, 3.05) is 13.2 Å². The van der Waals surface area contributed by atoms with Gasteiger partial charge in [0.1, 0.15) is 0 Å². The Morgan fingerprint density at radius 1 is 1.00 bits per heavy atom. The van der Waals surface area contributed by atoms with Gasteiger partial charge in [-0.15, -0.1) is 0 Å². The third kappa shape index (κ3) is 4.49. The van der Waals surface area contributed by atoms with Crippen LogP contribution >= 0.6 is 0 Å². The summed E-state index contributed by atoms with van der Waals surface area (Å²) in [7, 11) is 0. The first-order valence-corrected chi connectivity index (χ1v) is 7.88. The van der Waals surface area contributed by atoms with Crippen LogP contribution in [-0.2, 0) is 6.54 Å². The fourth-order valence-corrected chi connectivity index (χ4v) is 2.28. The van der Waals surface area contributed by atoms with Crippen molar-refractivity contribution in [2.45, 2.75) is 27.3 Å². The molecular formula is C19H23NO3. The Morgan fingerprint density at radius 3 is 2.39 bits per heavy atom. The molecule has 0 aromatic heterocycles. The molecule has 0 aliphatic heterocycles. The van der Waals surface area contributed by atoms with Gasteiger partial charge < -0.3 is 14.8 Å². The highest BCUT2D eigenvalue weighted by Crippen LogP contribution is 2.28. The zero-order valence-electron chi connectivity index (χ0n) is 13.9. The van der Waals surface area contributed by atoms with Crippen LogP contribution in [-0.4, -0.2) is 19.1 Å². The Bertz CT molecular complexity index is 667. The molecule has 0 unspecified atom stereocenters. The summed E-state index contributed by atoms with van der Waals surface area (Å²) in [4.78, 5) is 12.3. The van der Waals surface area contributed by atoms with Gasteiger partial charge in [0.15, 0.2) is 11.5 Å². The van der Waals surface area contributed by atoms with E-state index in [1.807, 2.05) is 45.0 Å². The molecule has 0 fully saturated rings. The topological polar surface area (TPSA) is 47.6 Å². The van der Waals surface area contributed by atoms with Crippen LogP contribution in [0.2, 0.25) is 0 Å². The summed E-state index contributed by atoms with van der Waals surface area (Å²) in [6.45, 7) is 7.43. The maximum atomic E-state index is 12.3. The molecule has 0 saturated heterocycles. The lowest BCUT2D eigenvalue weighted by Crippen LogP contribution is -2.23. The predicted molar refractivity (Wildman–Crippen MR) is 91.1 cm³/mol. The van der Waals surface area contributed by atoms with Crippen LogP contribution < -0.4 is 14.8 Å². The Kier molecular flexibility index (Phi) is 6.03. The highest BCUT2D eigenvalue weighted by molar-refractivity contribution is 5.94. The zero-order valence-corrected chi connectivity index (χ0v) is 13.9. The van der Waals surface area contributed by atoms with Crippen molar-refractivity contribution in [2.24, 2.45) is 0 Å². The van der Waals surface area contributed by atoms with Gasteiger partial charge in [0.25, 0.3) is 5.91 Å². The van der Waals surface area contributed by atoms with Crippen LogP contribution in [0, 0.1) is 6.92 Å². The Labute approximate surface area is 137 Å². The second-order valence-electron chi connectivity index (χ2n) is 5.14. The minimum absolute atomic E-state index is 0.128. The van der Waals surface area contributed by atoms with Crippen molar-refractivity contribution in [3.63, 3.8) is 0 Å². The molecule has 2 rings (SSSR count). The number of nitrogens with one attached hydrogen (secondary N) is 1. The fraction of sp³-hybridized carbons (Fsp3) is 0.316. The highest BCUT2D eigenvalue weighted by Gasteiger charge is 2.11. The molecule has 4 heteroatoms. The number of hydrogen-bond donors (Lipinski definition) is 1. The molecule has 23 heavy (non-hydrogen) atoms. The van der Waals surface area contributed by atoms with Crippen molar-refractivity contribution in [3.8, 4) is 11.5 Å². The number of benzene rings is 2. The van der Waals surface area contributed by atoms with Gasteiger partial charge in [0, 0.05) is 12.1 Å². The third-order valence-corrected chi connectivity index (χ3v) is 3.51. The minimum Gasteiger partial charge on any atom is -0.490 e. The van der Waals surface area contributed by atoms with Crippen LogP contribution in [0.25, 0.3) is 0 Å². The molecule has 4 nitrogen and oxygen atoms in total. The van der Waals surface area contributed by atoms with E-state index in [1.165, 1.54) is 0 Å². The molecule has 1 N–H and O–H groups in total. The first-order chi connectivity index (χ1) is 11.2. The standard InChI is InChI=1S/C19H23NO3/c1-4-22-17-11-10-15(12-18(17)23-5-2)19(21)20-13-16-9-7-6-8-14(16)3/h6-12H,4-5,13H2,1-3H3,(H,20,21). The second-order valence-corrected chi connectivity index (χ2v) is 5.14. The first kappa shape index (κ1) is 16.9. The van der Waals surface area contributed by atoms with Gasteiger partial charge in [0.05, 0.1) is 13.2 Å². The summed E-state index contributed by atoms with van der Waals surface area (Å²) in [6, 6.07) is 13.3. The average Bonchev–Trinajstić information content (AvgIpc) is 2.56. The van der Waals surface area contributed by atoms with E-state index in [0.29, 0.717) is 36.8 Å². The molecule has 122 valence electrons. The zero-order chi connectivity index (χ0) is 16.7. The van der Waals surface area contributed by atoms with Crippen molar-refractivity contribution in [1.29, 1.82) is 0 Å². The van der Waals surface area contributed by atoms with Crippen molar-refractivity contribution >= 4 is 5.91 Å². The van der Waals surface area contributed by atoms with E-state index in [4.69, 9.17) is 9.47 Å². The van der Waals surface area contributed by atoms with Gasteiger partial charge >= 0.3 is 0 Å². The van der Waals surface area contributed by atoms with Gasteiger partial charge in [0.2, 0.25) is 0 Å². The van der Waals surface area contributed by atoms with Crippen molar-refractivity contribution in [3.05, 3.63) is 59.2 Å². The quantitative estimate of drug-likeness (QED) is 0.847. The molecule has 0 spiro atoms. The van der Waals surface area contributed by atoms with E-state index >= 15 is 0 Å². The molecular weight excluding hydrogens is 290 g/mol. The normalized spacial score (nSPS) is 10.2. The number of ether oxygens (including phenoxy) is 2. The summed E-state index contributed by atoms with van der Waals surface area (Å²) in [6.07, 6.45) is 0. The van der Waals surface area contributed by atoms with Crippen molar-refractivity contribution < 1.29 is 14.3 Å². The lowest BCUT2D eigenvalue weighted by atomic mass is 10.1. The molecule has 0 aliphatic carbocycles. The van der Waals surface area contributed by atoms with Gasteiger partial charge in [-0.2, -0.15) is 0 Å². The van der Waals surface area contributed by atoms with E-state index in [2.05, 4.69) is 5.32 Å². The summed E-state index contributed by atoms with van der Waals surface area (Å²) in [5, 5.41) is 2.94. The lowest BCUT2D eigenvalue weighted by Gasteiger charge is -2.13. The summed E-state index contributed by atoms with van der Waals surface area (Å²) < 4.78 is 11.1. The van der Waals surface area contributed by atoms with Gasteiger partial charge in [-0.05, 0) is 50.1 Å². The molecule has 1 amide bonds. The van der Waals surface area contributed by atoms with Crippen LogP contribution in [0.5, 0.6) is 11.5 Å². The van der Waals surface area contributed by atoms with E-state index in [0.717, 1.165) is 11.1 Å². The monoisotopic (exact) mass is 313 g/mol. The van der Waals surface area contributed by atoms with Crippen LogP contribution in [0.15, 0.2) is 42.5 Å². The molecule has 0 aliphatic rings. The molecule has 0 bridgehead atoms. The Balaban J connectivity index is 2.09. The fourth-order valence-electron chi connectivity index (χ4n) is 2.28.